The fraction of sp³-hybridized carbons (Fsp3) is 0.108. The Hall–Kier alpha value is -4.47. The second-order valence-corrected chi connectivity index (χ2v) is 13.6. The minimum atomic E-state index is -2.80. The second-order valence-electron chi connectivity index (χ2n) is 10.3. The summed E-state index contributed by atoms with van der Waals surface area (Å²) in [6, 6.07) is 46.7. The molecular weight excluding hydrogens is 502 g/mol. The van der Waals surface area contributed by atoms with Crippen LogP contribution < -0.4 is 20.3 Å². The summed E-state index contributed by atoms with van der Waals surface area (Å²) in [4.78, 5) is 0. The monoisotopic (exact) mass is 537 g/mol. The Balaban J connectivity index is 1.76. The van der Waals surface area contributed by atoms with Crippen molar-refractivity contribution in [2.24, 2.45) is 4.66 Å². The number of hydrogen-bond acceptors (Lipinski definition) is 2. The minimum Gasteiger partial charge on any atom is -0.457 e. The molecule has 0 aromatic heterocycles. The van der Waals surface area contributed by atoms with Crippen LogP contribution in [0.4, 0.5) is 0 Å². The summed E-state index contributed by atoms with van der Waals surface area (Å²) in [6.45, 7) is 8.54. The molecule has 5 rings (SSSR count). The Morgan fingerprint density at radius 2 is 1.00 bits per heavy atom. The molecule has 0 N–H and O–H groups in total. The molecule has 0 radical (unpaired) electrons. The first-order chi connectivity index (χ1) is 19.5. The van der Waals surface area contributed by atoms with Crippen LogP contribution in [0.1, 0.15) is 29.2 Å². The molecule has 0 heterocycles. The lowest BCUT2D eigenvalue weighted by atomic mass is 9.97. The Morgan fingerprint density at radius 1 is 0.600 bits per heavy atom. The quantitative estimate of drug-likeness (QED) is 0.0891. The molecule has 0 unspecified atom stereocenters. The minimum absolute atomic E-state index is 0.804. The first-order valence-electron chi connectivity index (χ1n) is 13.7. The molecule has 0 aliphatic heterocycles. The highest BCUT2D eigenvalue weighted by Gasteiger charge is 2.40. The van der Waals surface area contributed by atoms with Crippen LogP contribution in [-0.2, 0) is 0 Å². The van der Waals surface area contributed by atoms with Gasteiger partial charge in [-0.05, 0) is 66.5 Å². The van der Waals surface area contributed by atoms with Gasteiger partial charge in [0.25, 0.3) is 8.24 Å². The van der Waals surface area contributed by atoms with Crippen LogP contribution in [0.5, 0.6) is 5.75 Å². The van der Waals surface area contributed by atoms with E-state index in [9.17, 15) is 0 Å². The molecule has 198 valence electrons. The maximum atomic E-state index is 6.60. The van der Waals surface area contributed by atoms with E-state index in [1.54, 1.807) is 0 Å². The lowest BCUT2D eigenvalue weighted by Crippen LogP contribution is -2.66. The zero-order chi connectivity index (χ0) is 28.0. The van der Waals surface area contributed by atoms with E-state index in [1.165, 1.54) is 32.3 Å². The molecule has 0 aliphatic rings. The van der Waals surface area contributed by atoms with Crippen molar-refractivity contribution in [2.75, 3.05) is 0 Å². The van der Waals surface area contributed by atoms with Crippen LogP contribution in [0.2, 0.25) is 0 Å². The van der Waals surface area contributed by atoms with E-state index in [0.29, 0.717) is 0 Å². The maximum absolute atomic E-state index is 6.60. The van der Waals surface area contributed by atoms with E-state index in [0.717, 1.165) is 22.8 Å². The van der Waals surface area contributed by atoms with Gasteiger partial charge in [-0.2, -0.15) is 0 Å². The van der Waals surface area contributed by atoms with Crippen LogP contribution in [0.25, 0.3) is 5.76 Å². The highest BCUT2D eigenvalue weighted by Crippen LogP contribution is 2.28. The van der Waals surface area contributed by atoms with E-state index in [1.807, 2.05) is 30.3 Å². The molecular formula is C37H35NOSi. The van der Waals surface area contributed by atoms with Crippen LogP contribution in [0.3, 0.4) is 0 Å². The fourth-order valence-electron chi connectivity index (χ4n) is 5.56. The van der Waals surface area contributed by atoms with Crippen molar-refractivity contribution in [2.45, 2.75) is 27.7 Å². The molecule has 40 heavy (non-hydrogen) atoms. The highest BCUT2D eigenvalue weighted by atomic mass is 28.3. The van der Waals surface area contributed by atoms with Gasteiger partial charge in [-0.15, -0.1) is 0 Å². The number of hydrogen-bond donors (Lipinski definition) is 0. The third-order valence-corrected chi connectivity index (χ3v) is 11.3. The van der Waals surface area contributed by atoms with Gasteiger partial charge in [0.15, 0.2) is 0 Å². The van der Waals surface area contributed by atoms with Crippen LogP contribution in [0.15, 0.2) is 144 Å². The Labute approximate surface area is 239 Å². The van der Waals surface area contributed by atoms with E-state index in [-0.39, 0.29) is 0 Å². The number of rotatable bonds is 8. The molecule has 0 atom stereocenters. The van der Waals surface area contributed by atoms with E-state index < -0.39 is 8.24 Å². The zero-order valence-electron chi connectivity index (χ0n) is 23.6. The molecule has 0 fully saturated rings. The lowest BCUT2D eigenvalue weighted by molar-refractivity contribution is 0.514. The smallest absolute Gasteiger partial charge is 0.273 e. The summed E-state index contributed by atoms with van der Waals surface area (Å²) in [5.41, 5.74) is 5.64. The molecule has 0 spiro atoms. The van der Waals surface area contributed by atoms with Gasteiger partial charge in [0.2, 0.25) is 0 Å². The van der Waals surface area contributed by atoms with E-state index >= 15 is 0 Å². The lowest BCUT2D eigenvalue weighted by Gasteiger charge is -2.30. The van der Waals surface area contributed by atoms with Gasteiger partial charge in [0.1, 0.15) is 11.5 Å². The first-order valence-corrected chi connectivity index (χ1v) is 15.7. The highest BCUT2D eigenvalue weighted by molar-refractivity contribution is 7.10. The third-order valence-electron chi connectivity index (χ3n) is 7.15. The third kappa shape index (κ3) is 5.75. The summed E-state index contributed by atoms with van der Waals surface area (Å²) >= 11 is 0. The Kier molecular flexibility index (Phi) is 8.23. The van der Waals surface area contributed by atoms with Gasteiger partial charge < -0.3 is 9.39 Å². The van der Waals surface area contributed by atoms with E-state index in [2.05, 4.69) is 137 Å². The number of nitrogens with zero attached hydrogens (tertiary/aromatic N) is 1. The number of para-hydroxylation sites is 1. The molecule has 0 aliphatic carbocycles. The molecule has 0 bridgehead atoms. The number of ether oxygens (including phenoxy) is 1. The zero-order valence-corrected chi connectivity index (χ0v) is 24.6. The number of allylic oxidation sites excluding steroid dienone is 1. The predicted molar refractivity (Wildman–Crippen MR) is 173 cm³/mol. The summed E-state index contributed by atoms with van der Waals surface area (Å²) in [6.07, 6.45) is 2.12. The normalized spacial score (nSPS) is 12.3. The summed E-state index contributed by atoms with van der Waals surface area (Å²) in [5, 5.41) is 3.73. The van der Waals surface area contributed by atoms with Crippen LogP contribution in [-0.4, -0.2) is 13.9 Å². The van der Waals surface area contributed by atoms with E-state index in [4.69, 9.17) is 9.39 Å². The molecule has 2 nitrogen and oxygen atoms in total. The molecule has 0 saturated carbocycles. The van der Waals surface area contributed by atoms with Crippen molar-refractivity contribution in [1.29, 1.82) is 0 Å². The summed E-state index contributed by atoms with van der Waals surface area (Å²) in [5.74, 6) is 1.61. The summed E-state index contributed by atoms with van der Waals surface area (Å²) < 4.78 is 12.3. The van der Waals surface area contributed by atoms with Gasteiger partial charge in [-0.3, -0.25) is 0 Å². The van der Waals surface area contributed by atoms with Crippen molar-refractivity contribution in [3.8, 4) is 5.75 Å². The molecule has 5 aromatic rings. The molecule has 3 heteroatoms. The fourth-order valence-corrected chi connectivity index (χ4v) is 9.56. The van der Waals surface area contributed by atoms with Crippen LogP contribution >= 0.6 is 0 Å². The SMILES string of the molecule is CC(/C=C(\Oc1ccccc1)c1c(C)cc(C)cc1C)=N/[Si](c1ccccc1)(c1ccccc1)c1ccccc1. The van der Waals surface area contributed by atoms with Crippen molar-refractivity contribution >= 4 is 35.3 Å². The van der Waals surface area contributed by atoms with Crippen molar-refractivity contribution < 1.29 is 4.74 Å². The molecule has 5 aromatic carbocycles. The Bertz CT molecular complexity index is 1510. The second kappa shape index (κ2) is 12.1. The van der Waals surface area contributed by atoms with Gasteiger partial charge in [-0.1, -0.05) is 127 Å². The topological polar surface area (TPSA) is 21.6 Å². The van der Waals surface area contributed by atoms with Gasteiger partial charge in [-0.25, -0.2) is 0 Å². The van der Waals surface area contributed by atoms with Gasteiger partial charge in [0, 0.05) is 17.4 Å². The van der Waals surface area contributed by atoms with Gasteiger partial charge >= 0.3 is 0 Å². The molecule has 0 amide bonds. The standard InChI is InChI=1S/C37H35NOSi/c1-28-25-29(2)37(30(3)26-28)36(39-32-17-9-5-10-18-32)27-31(4)38-40(33-19-11-6-12-20-33,34-21-13-7-14-22-34)35-23-15-8-16-24-35/h5-27H,1-4H3/b36-27-,38-31-. The predicted octanol–water partition coefficient (Wildman–Crippen LogP) is 7.16. The maximum Gasteiger partial charge on any atom is 0.273 e. The first kappa shape index (κ1) is 27.1. The van der Waals surface area contributed by atoms with Crippen molar-refractivity contribution in [3.05, 3.63) is 162 Å². The van der Waals surface area contributed by atoms with Crippen molar-refractivity contribution in [3.63, 3.8) is 0 Å². The number of benzene rings is 5. The average Bonchev–Trinajstić information content (AvgIpc) is 2.97. The van der Waals surface area contributed by atoms with Gasteiger partial charge in [0.05, 0.1) is 0 Å². The number of aryl methyl sites for hydroxylation is 3. The summed E-state index contributed by atoms with van der Waals surface area (Å²) in [7, 11) is -2.80. The largest absolute Gasteiger partial charge is 0.457 e. The van der Waals surface area contributed by atoms with Crippen LogP contribution in [0, 0.1) is 20.8 Å². The Morgan fingerprint density at radius 3 is 1.43 bits per heavy atom. The molecule has 0 saturated heterocycles. The van der Waals surface area contributed by atoms with Crippen molar-refractivity contribution in [1.82, 2.24) is 0 Å². The average molecular weight is 538 g/mol.